The van der Waals surface area contributed by atoms with Gasteiger partial charge in [0.1, 0.15) is 0 Å². The summed E-state index contributed by atoms with van der Waals surface area (Å²) in [5, 5.41) is 8.35. The summed E-state index contributed by atoms with van der Waals surface area (Å²) in [5.41, 5.74) is 0.983. The molecular formula is C13H16F2O2. The molecule has 0 fully saturated rings. The molecule has 0 bridgehead atoms. The highest BCUT2D eigenvalue weighted by Crippen LogP contribution is 2.30. The summed E-state index contributed by atoms with van der Waals surface area (Å²) >= 11 is 0. The Kier molecular flexibility index (Phi) is 4.61. The van der Waals surface area contributed by atoms with E-state index in [2.05, 4.69) is 0 Å². The van der Waals surface area contributed by atoms with Crippen LogP contribution in [0.4, 0.5) is 8.78 Å². The highest BCUT2D eigenvalue weighted by molar-refractivity contribution is 5.75. The molecule has 1 N–H and O–H groups in total. The number of carbonyl (C=O) groups is 1. The Morgan fingerprint density at radius 1 is 1.35 bits per heavy atom. The molecule has 0 heterocycles. The molecule has 4 heteroatoms. The fourth-order valence-electron chi connectivity index (χ4n) is 1.79. The fourth-order valence-corrected chi connectivity index (χ4v) is 1.79. The predicted octanol–water partition coefficient (Wildman–Crippen LogP) is 3.68. The quantitative estimate of drug-likeness (QED) is 0.826. The van der Waals surface area contributed by atoms with Crippen molar-refractivity contribution in [2.45, 2.75) is 38.0 Å². The fraction of sp³-hybridized carbons (Fsp3) is 0.462. The van der Waals surface area contributed by atoms with Gasteiger partial charge < -0.3 is 5.11 Å². The van der Waals surface area contributed by atoms with E-state index in [0.29, 0.717) is 0 Å². The summed E-state index contributed by atoms with van der Waals surface area (Å²) in [5.74, 6) is -5.68. The van der Waals surface area contributed by atoms with Crippen LogP contribution in [0.3, 0.4) is 0 Å². The van der Waals surface area contributed by atoms with Crippen LogP contribution in [0, 0.1) is 0 Å². The normalized spacial score (nSPS) is 13.4. The number of rotatable bonds is 6. The molecule has 0 spiro atoms. The molecule has 2 nitrogen and oxygen atoms in total. The lowest BCUT2D eigenvalue weighted by Gasteiger charge is -2.18. The maximum absolute atomic E-state index is 13.0. The SMILES string of the molecule is CCC(CCC(F)(F)C(=O)O)c1ccccc1. The second kappa shape index (κ2) is 5.75. The molecule has 1 unspecified atom stereocenters. The van der Waals surface area contributed by atoms with Crippen LogP contribution in [-0.4, -0.2) is 17.0 Å². The van der Waals surface area contributed by atoms with Crippen LogP contribution in [0.15, 0.2) is 30.3 Å². The van der Waals surface area contributed by atoms with Crippen LogP contribution in [0.25, 0.3) is 0 Å². The van der Waals surface area contributed by atoms with Gasteiger partial charge in [0.15, 0.2) is 0 Å². The zero-order valence-electron chi connectivity index (χ0n) is 9.70. The lowest BCUT2D eigenvalue weighted by Crippen LogP contribution is -2.28. The van der Waals surface area contributed by atoms with Crippen LogP contribution in [0.1, 0.15) is 37.7 Å². The van der Waals surface area contributed by atoms with E-state index in [4.69, 9.17) is 5.11 Å². The first-order valence-corrected chi connectivity index (χ1v) is 5.63. The van der Waals surface area contributed by atoms with Crippen molar-refractivity contribution in [3.05, 3.63) is 35.9 Å². The molecule has 1 atom stereocenters. The third kappa shape index (κ3) is 3.80. The predicted molar refractivity (Wildman–Crippen MR) is 61.3 cm³/mol. The number of aliphatic carboxylic acids is 1. The van der Waals surface area contributed by atoms with Gasteiger partial charge in [-0.3, -0.25) is 0 Å². The van der Waals surface area contributed by atoms with Gasteiger partial charge in [-0.1, -0.05) is 37.3 Å². The molecule has 1 aromatic carbocycles. The largest absolute Gasteiger partial charge is 0.477 e. The van der Waals surface area contributed by atoms with Gasteiger partial charge in [0.2, 0.25) is 0 Å². The first-order chi connectivity index (χ1) is 7.97. The second-order valence-electron chi connectivity index (χ2n) is 4.06. The van der Waals surface area contributed by atoms with Crippen LogP contribution in [0.2, 0.25) is 0 Å². The molecule has 0 aliphatic carbocycles. The summed E-state index contributed by atoms with van der Waals surface area (Å²) in [7, 11) is 0. The van der Waals surface area contributed by atoms with E-state index < -0.39 is 18.3 Å². The average Bonchev–Trinajstić information content (AvgIpc) is 2.31. The lowest BCUT2D eigenvalue weighted by molar-refractivity contribution is -0.165. The number of alkyl halides is 2. The maximum atomic E-state index is 13.0. The van der Waals surface area contributed by atoms with Gasteiger partial charge in [-0.05, 0) is 24.3 Å². The zero-order valence-corrected chi connectivity index (χ0v) is 9.70. The highest BCUT2D eigenvalue weighted by Gasteiger charge is 2.38. The van der Waals surface area contributed by atoms with E-state index in [1.165, 1.54) is 0 Å². The Balaban J connectivity index is 2.63. The van der Waals surface area contributed by atoms with Gasteiger partial charge in [-0.2, -0.15) is 8.78 Å². The van der Waals surface area contributed by atoms with Crippen molar-refractivity contribution in [2.24, 2.45) is 0 Å². The maximum Gasteiger partial charge on any atom is 0.374 e. The van der Waals surface area contributed by atoms with Gasteiger partial charge in [0.25, 0.3) is 0 Å². The number of carboxylic acid groups (broad SMARTS) is 1. The smallest absolute Gasteiger partial charge is 0.374 e. The Morgan fingerprint density at radius 2 is 1.94 bits per heavy atom. The third-order valence-corrected chi connectivity index (χ3v) is 2.88. The number of carboxylic acids is 1. The van der Waals surface area contributed by atoms with Gasteiger partial charge in [0, 0.05) is 6.42 Å². The first-order valence-electron chi connectivity index (χ1n) is 5.63. The summed E-state index contributed by atoms with van der Waals surface area (Å²) in [6, 6.07) is 9.34. The standard InChI is InChI=1S/C13H16F2O2/c1-2-10(11-6-4-3-5-7-11)8-9-13(14,15)12(16)17/h3-7,10H,2,8-9H2,1H3,(H,16,17). The van der Waals surface area contributed by atoms with Crippen LogP contribution >= 0.6 is 0 Å². The Morgan fingerprint density at radius 3 is 2.41 bits per heavy atom. The average molecular weight is 242 g/mol. The molecule has 0 amide bonds. The molecule has 17 heavy (non-hydrogen) atoms. The number of hydrogen-bond acceptors (Lipinski definition) is 1. The summed E-state index contributed by atoms with van der Waals surface area (Å²) in [6.07, 6.45) is 0.287. The topological polar surface area (TPSA) is 37.3 Å². The van der Waals surface area contributed by atoms with E-state index in [1.807, 2.05) is 37.3 Å². The molecule has 1 rings (SSSR count). The summed E-state index contributed by atoms with van der Waals surface area (Å²) < 4.78 is 25.9. The number of halogens is 2. The monoisotopic (exact) mass is 242 g/mol. The molecule has 1 aromatic rings. The van der Waals surface area contributed by atoms with E-state index in [9.17, 15) is 13.6 Å². The van der Waals surface area contributed by atoms with Crippen molar-refractivity contribution in [2.75, 3.05) is 0 Å². The molecule has 0 saturated carbocycles. The second-order valence-corrected chi connectivity index (χ2v) is 4.06. The molecular weight excluding hydrogens is 226 g/mol. The Bertz CT molecular complexity index is 363. The van der Waals surface area contributed by atoms with Crippen LogP contribution in [0.5, 0.6) is 0 Å². The van der Waals surface area contributed by atoms with Crippen LogP contribution < -0.4 is 0 Å². The molecule has 0 radical (unpaired) electrons. The Hall–Kier alpha value is -1.45. The van der Waals surface area contributed by atoms with Gasteiger partial charge >= 0.3 is 11.9 Å². The molecule has 0 aliphatic rings. The van der Waals surface area contributed by atoms with E-state index in [-0.39, 0.29) is 12.3 Å². The van der Waals surface area contributed by atoms with Gasteiger partial charge in [-0.25, -0.2) is 4.79 Å². The minimum Gasteiger partial charge on any atom is -0.477 e. The van der Waals surface area contributed by atoms with E-state index in [0.717, 1.165) is 12.0 Å². The number of hydrogen-bond donors (Lipinski definition) is 1. The summed E-state index contributed by atoms with van der Waals surface area (Å²) in [4.78, 5) is 10.3. The van der Waals surface area contributed by atoms with Crippen molar-refractivity contribution in [1.82, 2.24) is 0 Å². The third-order valence-electron chi connectivity index (χ3n) is 2.88. The van der Waals surface area contributed by atoms with Crippen molar-refractivity contribution < 1.29 is 18.7 Å². The van der Waals surface area contributed by atoms with E-state index in [1.54, 1.807) is 0 Å². The first kappa shape index (κ1) is 13.6. The highest BCUT2D eigenvalue weighted by atomic mass is 19.3. The minimum atomic E-state index is -3.62. The number of benzene rings is 1. The molecule has 0 saturated heterocycles. The molecule has 0 aromatic heterocycles. The van der Waals surface area contributed by atoms with Crippen molar-refractivity contribution in [1.29, 1.82) is 0 Å². The van der Waals surface area contributed by atoms with Gasteiger partial charge in [-0.15, -0.1) is 0 Å². The van der Waals surface area contributed by atoms with Crippen molar-refractivity contribution in [3.8, 4) is 0 Å². The van der Waals surface area contributed by atoms with Crippen molar-refractivity contribution in [3.63, 3.8) is 0 Å². The summed E-state index contributed by atoms with van der Waals surface area (Å²) in [6.45, 7) is 1.91. The van der Waals surface area contributed by atoms with Crippen LogP contribution in [-0.2, 0) is 4.79 Å². The van der Waals surface area contributed by atoms with Crippen molar-refractivity contribution >= 4 is 5.97 Å². The van der Waals surface area contributed by atoms with Gasteiger partial charge in [0.05, 0.1) is 0 Å². The Labute approximate surface area is 99.3 Å². The lowest BCUT2D eigenvalue weighted by atomic mass is 9.90. The molecule has 94 valence electrons. The zero-order chi connectivity index (χ0) is 12.9. The molecule has 0 aliphatic heterocycles. The van der Waals surface area contributed by atoms with E-state index >= 15 is 0 Å². The minimum absolute atomic E-state index is 0.0126.